The fourth-order valence-electron chi connectivity index (χ4n) is 5.43. The van der Waals surface area contributed by atoms with Gasteiger partial charge in [-0.15, -0.1) is 0 Å². The normalized spacial score (nSPS) is 13.6. The van der Waals surface area contributed by atoms with Gasteiger partial charge >= 0.3 is 19.8 Å². The summed E-state index contributed by atoms with van der Waals surface area (Å²) in [7, 11) is -0.707. The molecule has 0 saturated carbocycles. The summed E-state index contributed by atoms with van der Waals surface area (Å²) >= 11 is 0. The summed E-state index contributed by atoms with van der Waals surface area (Å²) in [6.07, 6.45) is 32.5. The minimum atomic E-state index is -4.35. The second kappa shape index (κ2) is 35.2. The maximum atomic E-state index is 12.6. The topological polar surface area (TPSA) is 112 Å². The van der Waals surface area contributed by atoms with Crippen LogP contribution in [0.15, 0.2) is 12.2 Å². The number of likely N-dealkylation sites (N-methyl/N-ethyl adjacent to an activating group) is 1. The highest BCUT2D eigenvalue weighted by Gasteiger charge is 2.26. The Morgan fingerprint density at radius 3 is 1.57 bits per heavy atom. The van der Waals surface area contributed by atoms with Crippen LogP contribution < -0.4 is 0 Å². The third kappa shape index (κ3) is 36.3. The number of allylic oxidation sites excluding steroid dienone is 2. The second-order valence-corrected chi connectivity index (χ2v) is 15.3. The van der Waals surface area contributed by atoms with Gasteiger partial charge in [0.25, 0.3) is 0 Å². The molecule has 0 heterocycles. The van der Waals surface area contributed by atoms with Gasteiger partial charge in [-0.05, 0) is 46.2 Å². The van der Waals surface area contributed by atoms with Crippen molar-refractivity contribution in [3.63, 3.8) is 0 Å². The largest absolute Gasteiger partial charge is 0.472 e. The average Bonchev–Trinajstić information content (AvgIpc) is 3.06. The van der Waals surface area contributed by atoms with Gasteiger partial charge in [-0.25, -0.2) is 4.57 Å². The van der Waals surface area contributed by atoms with E-state index in [1.54, 1.807) is 0 Å². The Bertz CT molecular complexity index is 838. The molecule has 0 aliphatic rings. The van der Waals surface area contributed by atoms with Crippen LogP contribution in [0.1, 0.15) is 181 Å². The van der Waals surface area contributed by atoms with Gasteiger partial charge in [0.1, 0.15) is 6.61 Å². The highest BCUT2D eigenvalue weighted by atomic mass is 31.2. The minimum absolute atomic E-state index is 0.00855. The summed E-state index contributed by atoms with van der Waals surface area (Å²) in [6.45, 7) is 4.28. The Morgan fingerprint density at radius 2 is 1.06 bits per heavy atom. The maximum absolute atomic E-state index is 12.6. The molecule has 10 heteroatoms. The predicted octanol–water partition coefficient (Wildman–Crippen LogP) is 10.9. The number of unbranched alkanes of at least 4 members (excludes halogenated alkanes) is 21. The van der Waals surface area contributed by atoms with Crippen LogP contribution in [0, 0.1) is 0 Å². The third-order valence-electron chi connectivity index (χ3n) is 8.57. The van der Waals surface area contributed by atoms with Crippen molar-refractivity contribution in [1.29, 1.82) is 0 Å². The maximum Gasteiger partial charge on any atom is 0.472 e. The first-order valence-electron chi connectivity index (χ1n) is 20.0. The summed E-state index contributed by atoms with van der Waals surface area (Å²) in [6, 6.07) is 0. The minimum Gasteiger partial charge on any atom is -0.462 e. The summed E-state index contributed by atoms with van der Waals surface area (Å²) < 4.78 is 33.3. The second-order valence-electron chi connectivity index (χ2n) is 13.8. The lowest BCUT2D eigenvalue weighted by atomic mass is 10.0. The Morgan fingerprint density at radius 1 is 0.612 bits per heavy atom. The van der Waals surface area contributed by atoms with E-state index in [0.717, 1.165) is 57.8 Å². The average molecular weight is 718 g/mol. The molecule has 290 valence electrons. The molecule has 0 aliphatic heterocycles. The number of hydrogen-bond donors (Lipinski definition) is 1. The Balaban J connectivity index is 4.30. The van der Waals surface area contributed by atoms with Gasteiger partial charge in [0.15, 0.2) is 6.10 Å². The van der Waals surface area contributed by atoms with E-state index in [9.17, 15) is 19.0 Å². The molecule has 49 heavy (non-hydrogen) atoms. The highest BCUT2D eigenvalue weighted by Crippen LogP contribution is 2.43. The fraction of sp³-hybridized carbons (Fsp3) is 0.897. The van der Waals surface area contributed by atoms with Crippen molar-refractivity contribution in [1.82, 2.24) is 4.90 Å². The summed E-state index contributed by atoms with van der Waals surface area (Å²) in [5.74, 6) is -0.808. The number of nitrogens with zero attached hydrogens (tertiary/aromatic N) is 1. The van der Waals surface area contributed by atoms with E-state index in [0.29, 0.717) is 19.4 Å². The molecule has 9 nitrogen and oxygen atoms in total. The van der Waals surface area contributed by atoms with Crippen molar-refractivity contribution in [2.24, 2.45) is 0 Å². The van der Waals surface area contributed by atoms with Crippen molar-refractivity contribution in [3.8, 4) is 0 Å². The lowest BCUT2D eigenvalue weighted by molar-refractivity contribution is -0.161. The number of phosphoric acid groups is 1. The first kappa shape index (κ1) is 47.8. The SMILES string of the molecule is CCCC/C=C\CCCCCCCC(=O)OC(COC(=O)CCCCCCCCCCCCCCCCC)COP(=O)(O)OCCN(C)C. The van der Waals surface area contributed by atoms with Crippen LogP contribution in [0.5, 0.6) is 0 Å². The predicted molar refractivity (Wildman–Crippen MR) is 202 cm³/mol. The van der Waals surface area contributed by atoms with Crippen molar-refractivity contribution < 1.29 is 37.6 Å². The van der Waals surface area contributed by atoms with Crippen LogP contribution in [0.4, 0.5) is 0 Å². The number of phosphoric ester groups is 1. The van der Waals surface area contributed by atoms with E-state index in [-0.39, 0.29) is 25.6 Å². The van der Waals surface area contributed by atoms with Crippen LogP contribution in [0.25, 0.3) is 0 Å². The van der Waals surface area contributed by atoms with E-state index in [1.807, 2.05) is 19.0 Å². The standard InChI is InChI=1S/C39H76NO8P/c1-5-7-9-11-13-15-17-18-19-20-22-23-25-27-29-31-38(41)45-35-37(36-47-49(43,44)46-34-33-40(3)4)48-39(42)32-30-28-26-24-21-16-14-12-10-8-6-2/h12,14,37H,5-11,13,15-36H2,1-4H3,(H,43,44)/b14-12-. The van der Waals surface area contributed by atoms with Crippen LogP contribution in [-0.4, -0.2) is 68.3 Å². The van der Waals surface area contributed by atoms with E-state index >= 15 is 0 Å². The quantitative estimate of drug-likeness (QED) is 0.0290. The van der Waals surface area contributed by atoms with Gasteiger partial charge in [-0.3, -0.25) is 18.6 Å². The Labute approximate surface area is 301 Å². The number of rotatable bonds is 37. The molecule has 0 aromatic heterocycles. The molecule has 2 unspecified atom stereocenters. The summed E-state index contributed by atoms with van der Waals surface area (Å²) in [5, 5.41) is 0. The van der Waals surface area contributed by atoms with E-state index in [1.165, 1.54) is 89.9 Å². The molecule has 0 spiro atoms. The summed E-state index contributed by atoms with van der Waals surface area (Å²) in [5.41, 5.74) is 0. The van der Waals surface area contributed by atoms with Gasteiger partial charge in [0.2, 0.25) is 0 Å². The summed E-state index contributed by atoms with van der Waals surface area (Å²) in [4.78, 5) is 36.8. The van der Waals surface area contributed by atoms with Crippen LogP contribution in [0.2, 0.25) is 0 Å². The number of ether oxygens (including phenoxy) is 2. The molecular weight excluding hydrogens is 641 g/mol. The van der Waals surface area contributed by atoms with Crippen molar-refractivity contribution in [3.05, 3.63) is 12.2 Å². The molecule has 2 atom stereocenters. The smallest absolute Gasteiger partial charge is 0.462 e. The molecule has 1 N–H and O–H groups in total. The molecule has 0 aromatic rings. The van der Waals surface area contributed by atoms with Crippen LogP contribution in [0.3, 0.4) is 0 Å². The van der Waals surface area contributed by atoms with Crippen molar-refractivity contribution in [2.75, 3.05) is 40.5 Å². The zero-order valence-electron chi connectivity index (χ0n) is 32.1. The number of carbonyl (C=O) groups excluding carboxylic acids is 2. The molecule has 0 aromatic carbocycles. The van der Waals surface area contributed by atoms with Crippen LogP contribution >= 0.6 is 7.82 Å². The van der Waals surface area contributed by atoms with Gasteiger partial charge in [-0.1, -0.05) is 148 Å². The van der Waals surface area contributed by atoms with E-state index < -0.39 is 26.5 Å². The molecule has 0 amide bonds. The Kier molecular flexibility index (Phi) is 34.3. The monoisotopic (exact) mass is 718 g/mol. The highest BCUT2D eigenvalue weighted by molar-refractivity contribution is 7.47. The van der Waals surface area contributed by atoms with E-state index in [4.69, 9.17) is 18.5 Å². The first-order chi connectivity index (χ1) is 23.7. The lowest BCUT2D eigenvalue weighted by Gasteiger charge is -2.20. The molecule has 0 bridgehead atoms. The zero-order valence-corrected chi connectivity index (χ0v) is 33.0. The fourth-order valence-corrected chi connectivity index (χ4v) is 6.17. The number of esters is 2. The molecule has 0 radical (unpaired) electrons. The molecule has 0 saturated heterocycles. The van der Waals surface area contributed by atoms with Gasteiger partial charge < -0.3 is 19.3 Å². The van der Waals surface area contributed by atoms with E-state index in [2.05, 4.69) is 26.0 Å². The van der Waals surface area contributed by atoms with Crippen molar-refractivity contribution >= 4 is 19.8 Å². The van der Waals surface area contributed by atoms with Crippen molar-refractivity contribution in [2.45, 2.75) is 187 Å². The molecule has 0 aliphatic carbocycles. The number of carbonyl (C=O) groups is 2. The van der Waals surface area contributed by atoms with Gasteiger partial charge in [-0.2, -0.15) is 0 Å². The lowest BCUT2D eigenvalue weighted by Crippen LogP contribution is -2.29. The molecular formula is C39H76NO8P. The number of hydrogen-bond acceptors (Lipinski definition) is 8. The van der Waals surface area contributed by atoms with Gasteiger partial charge in [0.05, 0.1) is 13.2 Å². The zero-order chi connectivity index (χ0) is 36.3. The first-order valence-corrected chi connectivity index (χ1v) is 21.5. The molecule has 0 rings (SSSR count). The Hall–Kier alpha value is -1.25. The molecule has 0 fully saturated rings. The van der Waals surface area contributed by atoms with Gasteiger partial charge in [0, 0.05) is 19.4 Å². The van der Waals surface area contributed by atoms with Crippen LogP contribution in [-0.2, 0) is 32.7 Å². The third-order valence-corrected chi connectivity index (χ3v) is 9.56.